The number of hydrogen-bond acceptors (Lipinski definition) is 4. The molecule has 1 heterocycles. The number of nitrogens with zero attached hydrogens (tertiary/aromatic N) is 2. The number of benzene rings is 1. The third kappa shape index (κ3) is 4.44. The van der Waals surface area contributed by atoms with E-state index in [4.69, 9.17) is 0 Å². The highest BCUT2D eigenvalue weighted by Gasteiger charge is 2.24. The van der Waals surface area contributed by atoms with Gasteiger partial charge in [0.1, 0.15) is 0 Å². The van der Waals surface area contributed by atoms with E-state index in [1.807, 2.05) is 18.2 Å². The summed E-state index contributed by atoms with van der Waals surface area (Å²) in [5.41, 5.74) is 1.24. The van der Waals surface area contributed by atoms with Crippen molar-refractivity contribution in [1.29, 1.82) is 0 Å². The Labute approximate surface area is 126 Å². The Bertz CT molecular complexity index is 430. The number of hydrogen-bond donors (Lipinski definition) is 1. The van der Waals surface area contributed by atoms with Gasteiger partial charge in [0.15, 0.2) is 0 Å². The summed E-state index contributed by atoms with van der Waals surface area (Å²) in [5.74, 6) is 0. The van der Waals surface area contributed by atoms with Crippen molar-refractivity contribution in [3.05, 3.63) is 35.9 Å². The minimum Gasteiger partial charge on any atom is -0.453 e. The van der Waals surface area contributed by atoms with Crippen LogP contribution < -0.4 is 5.32 Å². The molecule has 0 aliphatic carbocycles. The van der Waals surface area contributed by atoms with Gasteiger partial charge in [-0.1, -0.05) is 37.3 Å². The van der Waals surface area contributed by atoms with E-state index in [0.29, 0.717) is 6.54 Å². The minimum absolute atomic E-state index is 0.198. The van der Waals surface area contributed by atoms with Gasteiger partial charge in [0, 0.05) is 32.7 Å². The third-order valence-corrected chi connectivity index (χ3v) is 4.10. The molecule has 1 aliphatic heterocycles. The smallest absolute Gasteiger partial charge is 0.406 e. The van der Waals surface area contributed by atoms with Gasteiger partial charge in [-0.15, -0.1) is 0 Å². The predicted octanol–water partition coefficient (Wildman–Crippen LogP) is 1.72. The molecule has 1 aliphatic rings. The van der Waals surface area contributed by atoms with Gasteiger partial charge in [0.2, 0.25) is 0 Å². The van der Waals surface area contributed by atoms with Crippen LogP contribution in [-0.2, 0) is 4.74 Å². The van der Waals surface area contributed by atoms with Crippen LogP contribution in [0.1, 0.15) is 18.5 Å². The highest BCUT2D eigenvalue weighted by Crippen LogP contribution is 2.21. The maximum absolute atomic E-state index is 11.4. The SMILES string of the molecule is CCN1CCN(C(CNC(=O)OC)c2ccccc2)CC1. The van der Waals surface area contributed by atoms with Crippen molar-refractivity contribution in [2.45, 2.75) is 13.0 Å². The van der Waals surface area contributed by atoms with Gasteiger partial charge >= 0.3 is 6.09 Å². The van der Waals surface area contributed by atoms with Crippen molar-refractivity contribution in [3.8, 4) is 0 Å². The lowest BCUT2D eigenvalue weighted by atomic mass is 10.0. The van der Waals surface area contributed by atoms with E-state index >= 15 is 0 Å². The lowest BCUT2D eigenvalue weighted by Crippen LogP contribution is -2.49. The van der Waals surface area contributed by atoms with Crippen LogP contribution in [0.5, 0.6) is 0 Å². The van der Waals surface area contributed by atoms with Crippen LogP contribution in [-0.4, -0.2) is 62.3 Å². The Kier molecular flexibility index (Phi) is 6.02. The quantitative estimate of drug-likeness (QED) is 0.897. The summed E-state index contributed by atoms with van der Waals surface area (Å²) in [4.78, 5) is 16.3. The van der Waals surface area contributed by atoms with E-state index in [1.165, 1.54) is 12.7 Å². The van der Waals surface area contributed by atoms with Crippen LogP contribution in [0.2, 0.25) is 0 Å². The molecule has 0 spiro atoms. The van der Waals surface area contributed by atoms with E-state index in [2.05, 4.69) is 38.9 Å². The van der Waals surface area contributed by atoms with Gasteiger partial charge < -0.3 is 15.0 Å². The van der Waals surface area contributed by atoms with E-state index in [-0.39, 0.29) is 12.1 Å². The summed E-state index contributed by atoms with van der Waals surface area (Å²) < 4.78 is 4.68. The van der Waals surface area contributed by atoms with Gasteiger partial charge in [-0.3, -0.25) is 4.90 Å². The highest BCUT2D eigenvalue weighted by molar-refractivity contribution is 5.66. The molecule has 1 amide bonds. The maximum Gasteiger partial charge on any atom is 0.406 e. The minimum atomic E-state index is -0.372. The number of methoxy groups -OCH3 is 1. The van der Waals surface area contributed by atoms with Crippen molar-refractivity contribution < 1.29 is 9.53 Å². The number of carbonyl (C=O) groups is 1. The van der Waals surface area contributed by atoms with Gasteiger partial charge in [-0.05, 0) is 12.1 Å². The van der Waals surface area contributed by atoms with Gasteiger partial charge in [-0.2, -0.15) is 0 Å². The number of ether oxygens (including phenoxy) is 1. The average Bonchev–Trinajstić information content (AvgIpc) is 2.56. The first kappa shape index (κ1) is 15.8. The fraction of sp³-hybridized carbons (Fsp3) is 0.562. The molecule has 1 saturated heterocycles. The fourth-order valence-corrected chi connectivity index (χ4v) is 2.78. The second kappa shape index (κ2) is 8.00. The van der Waals surface area contributed by atoms with E-state index in [0.717, 1.165) is 32.7 Å². The number of nitrogens with one attached hydrogen (secondary N) is 1. The van der Waals surface area contributed by atoms with Gasteiger partial charge in [0.05, 0.1) is 13.2 Å². The third-order valence-electron chi connectivity index (χ3n) is 4.10. The average molecular weight is 291 g/mol. The largest absolute Gasteiger partial charge is 0.453 e. The molecule has 0 saturated carbocycles. The summed E-state index contributed by atoms with van der Waals surface area (Å²) in [6.45, 7) is 8.08. The van der Waals surface area contributed by atoms with E-state index < -0.39 is 0 Å². The van der Waals surface area contributed by atoms with Crippen molar-refractivity contribution in [2.75, 3.05) is 46.4 Å². The number of carbonyl (C=O) groups excluding carboxylic acids is 1. The lowest BCUT2D eigenvalue weighted by Gasteiger charge is -2.39. The summed E-state index contributed by atoms with van der Waals surface area (Å²) in [5, 5.41) is 2.84. The van der Waals surface area contributed by atoms with Crippen molar-refractivity contribution in [2.24, 2.45) is 0 Å². The fourth-order valence-electron chi connectivity index (χ4n) is 2.78. The van der Waals surface area contributed by atoms with Crippen molar-refractivity contribution >= 4 is 6.09 Å². The molecule has 1 aromatic carbocycles. The number of piperazine rings is 1. The molecule has 1 fully saturated rings. The molecule has 0 radical (unpaired) electrons. The number of rotatable bonds is 5. The molecule has 0 bridgehead atoms. The Morgan fingerprint density at radius 1 is 1.24 bits per heavy atom. The molecule has 1 unspecified atom stereocenters. The molecule has 1 aromatic rings. The van der Waals surface area contributed by atoms with E-state index in [9.17, 15) is 4.79 Å². The molecule has 1 atom stereocenters. The van der Waals surface area contributed by atoms with E-state index in [1.54, 1.807) is 0 Å². The number of amides is 1. The first-order chi connectivity index (χ1) is 10.2. The molecule has 116 valence electrons. The summed E-state index contributed by atoms with van der Waals surface area (Å²) in [6.07, 6.45) is -0.372. The molecule has 21 heavy (non-hydrogen) atoms. The Balaban J connectivity index is 2.03. The Hall–Kier alpha value is -1.59. The Morgan fingerprint density at radius 2 is 1.90 bits per heavy atom. The lowest BCUT2D eigenvalue weighted by molar-refractivity contribution is 0.0964. The zero-order chi connectivity index (χ0) is 15.1. The van der Waals surface area contributed by atoms with Crippen molar-refractivity contribution in [1.82, 2.24) is 15.1 Å². The second-order valence-corrected chi connectivity index (χ2v) is 5.27. The normalized spacial score (nSPS) is 18.2. The zero-order valence-electron chi connectivity index (χ0n) is 12.9. The first-order valence-corrected chi connectivity index (χ1v) is 7.57. The summed E-state index contributed by atoms with van der Waals surface area (Å²) >= 11 is 0. The molecule has 1 N–H and O–H groups in total. The zero-order valence-corrected chi connectivity index (χ0v) is 12.9. The molecule has 2 rings (SSSR count). The number of likely N-dealkylation sites (N-methyl/N-ethyl adjacent to an activating group) is 1. The van der Waals surface area contributed by atoms with Crippen LogP contribution in [0.15, 0.2) is 30.3 Å². The van der Waals surface area contributed by atoms with Crippen LogP contribution in [0.3, 0.4) is 0 Å². The Morgan fingerprint density at radius 3 is 2.48 bits per heavy atom. The monoisotopic (exact) mass is 291 g/mol. The van der Waals surface area contributed by atoms with Gasteiger partial charge in [0.25, 0.3) is 0 Å². The molecular formula is C16H25N3O2. The second-order valence-electron chi connectivity index (χ2n) is 5.27. The topological polar surface area (TPSA) is 44.8 Å². The van der Waals surface area contributed by atoms with Crippen LogP contribution in [0.25, 0.3) is 0 Å². The van der Waals surface area contributed by atoms with Crippen LogP contribution in [0, 0.1) is 0 Å². The number of alkyl carbamates (subject to hydrolysis) is 1. The van der Waals surface area contributed by atoms with Crippen LogP contribution >= 0.6 is 0 Å². The highest BCUT2D eigenvalue weighted by atomic mass is 16.5. The molecular weight excluding hydrogens is 266 g/mol. The van der Waals surface area contributed by atoms with Crippen LogP contribution in [0.4, 0.5) is 4.79 Å². The van der Waals surface area contributed by atoms with Crippen molar-refractivity contribution in [3.63, 3.8) is 0 Å². The summed E-state index contributed by atoms with van der Waals surface area (Å²) in [7, 11) is 1.40. The molecule has 5 heteroatoms. The predicted molar refractivity (Wildman–Crippen MR) is 83.3 cm³/mol. The standard InChI is InChI=1S/C16H25N3O2/c1-3-18-9-11-19(12-10-18)15(13-17-16(20)21-2)14-7-5-4-6-8-14/h4-8,15H,3,9-13H2,1-2H3,(H,17,20). The van der Waals surface area contributed by atoms with Gasteiger partial charge in [-0.25, -0.2) is 4.79 Å². The maximum atomic E-state index is 11.4. The molecule has 5 nitrogen and oxygen atoms in total. The summed E-state index contributed by atoms with van der Waals surface area (Å²) in [6, 6.07) is 10.5. The molecule has 0 aromatic heterocycles. The first-order valence-electron chi connectivity index (χ1n) is 7.57.